The number of hydrogen-bond donors (Lipinski definition) is 2. The number of amides is 1. The third-order valence-corrected chi connectivity index (χ3v) is 4.75. The molecule has 0 aliphatic carbocycles. The summed E-state index contributed by atoms with van der Waals surface area (Å²) in [6, 6.07) is 1.98. The Morgan fingerprint density at radius 3 is 2.24 bits per heavy atom. The van der Waals surface area contributed by atoms with Crippen molar-refractivity contribution in [2.75, 3.05) is 25.1 Å². The van der Waals surface area contributed by atoms with E-state index in [9.17, 15) is 4.79 Å². The maximum Gasteiger partial charge on any atom is 0.225 e. The minimum absolute atomic E-state index is 0.0839. The number of hydrogen-bond acceptors (Lipinski definition) is 5. The summed E-state index contributed by atoms with van der Waals surface area (Å²) in [5.41, 5.74) is 5.86. The molecule has 25 heavy (non-hydrogen) atoms. The lowest BCUT2D eigenvalue weighted by Gasteiger charge is -2.34. The van der Waals surface area contributed by atoms with Gasteiger partial charge in [-0.1, -0.05) is 41.5 Å². The van der Waals surface area contributed by atoms with E-state index < -0.39 is 5.41 Å². The summed E-state index contributed by atoms with van der Waals surface area (Å²) in [5, 5.41) is 3.35. The molecule has 6 heteroatoms. The van der Waals surface area contributed by atoms with Gasteiger partial charge >= 0.3 is 0 Å². The first-order valence-corrected chi connectivity index (χ1v) is 8.96. The fraction of sp³-hybridized carbons (Fsp3) is 0.737. The number of ether oxygens (including phenoxy) is 1. The van der Waals surface area contributed by atoms with Crippen LogP contribution in [0.5, 0.6) is 0 Å². The third kappa shape index (κ3) is 4.69. The molecule has 1 aromatic heterocycles. The number of carbonyl (C=O) groups is 1. The highest BCUT2D eigenvalue weighted by Crippen LogP contribution is 2.31. The summed E-state index contributed by atoms with van der Waals surface area (Å²) in [4.78, 5) is 21.5. The van der Waals surface area contributed by atoms with Crippen LogP contribution in [0.25, 0.3) is 0 Å². The van der Waals surface area contributed by atoms with Crippen molar-refractivity contribution in [3.05, 3.63) is 17.6 Å². The Hall–Kier alpha value is -1.69. The minimum atomic E-state index is -0.576. The summed E-state index contributed by atoms with van der Waals surface area (Å²) < 4.78 is 5.39. The average Bonchev–Trinajstić information content (AvgIpc) is 2.52. The van der Waals surface area contributed by atoms with Gasteiger partial charge in [-0.2, -0.15) is 0 Å². The Balaban J connectivity index is 2.30. The monoisotopic (exact) mass is 348 g/mol. The van der Waals surface area contributed by atoms with Crippen LogP contribution in [0.4, 0.5) is 5.82 Å². The zero-order valence-electron chi connectivity index (χ0n) is 16.4. The van der Waals surface area contributed by atoms with Crippen molar-refractivity contribution in [3.63, 3.8) is 0 Å². The molecule has 0 bridgehead atoms. The molecule has 2 heterocycles. The number of aromatic nitrogens is 2. The molecule has 0 spiro atoms. The van der Waals surface area contributed by atoms with E-state index in [1.165, 1.54) is 0 Å². The maximum atomic E-state index is 12.0. The van der Waals surface area contributed by atoms with E-state index in [2.05, 4.69) is 51.8 Å². The van der Waals surface area contributed by atoms with Crippen molar-refractivity contribution in [2.24, 2.45) is 11.1 Å². The van der Waals surface area contributed by atoms with Crippen molar-refractivity contribution >= 4 is 11.7 Å². The highest BCUT2D eigenvalue weighted by Gasteiger charge is 2.38. The molecular weight excluding hydrogens is 316 g/mol. The molecule has 0 aromatic carbocycles. The zero-order chi connectivity index (χ0) is 18.9. The quantitative estimate of drug-likeness (QED) is 0.873. The molecule has 0 radical (unpaired) electrons. The minimum Gasteiger partial charge on any atom is -0.381 e. The molecule has 1 amide bonds. The van der Waals surface area contributed by atoms with Crippen LogP contribution < -0.4 is 11.1 Å². The van der Waals surface area contributed by atoms with Gasteiger partial charge in [-0.25, -0.2) is 9.97 Å². The first-order valence-electron chi connectivity index (χ1n) is 8.96. The summed E-state index contributed by atoms with van der Waals surface area (Å²) in [7, 11) is 0. The van der Waals surface area contributed by atoms with E-state index in [1.54, 1.807) is 0 Å². The van der Waals surface area contributed by atoms with E-state index in [4.69, 9.17) is 15.5 Å². The van der Waals surface area contributed by atoms with Gasteiger partial charge in [-0.3, -0.25) is 4.79 Å². The van der Waals surface area contributed by atoms with Crippen molar-refractivity contribution < 1.29 is 9.53 Å². The molecule has 1 aliphatic heterocycles. The SMILES string of the molecule is CC(C)(C)c1cc(NCC2(C(N)=O)CCOCC2)nc(C(C)(C)C)n1. The molecule has 1 saturated heterocycles. The summed E-state index contributed by atoms with van der Waals surface area (Å²) in [6.45, 7) is 14.3. The van der Waals surface area contributed by atoms with Crippen molar-refractivity contribution in [2.45, 2.75) is 65.2 Å². The second kappa shape index (κ2) is 6.90. The Morgan fingerprint density at radius 1 is 1.16 bits per heavy atom. The summed E-state index contributed by atoms with van der Waals surface area (Å²) >= 11 is 0. The average molecular weight is 348 g/mol. The Kier molecular flexibility index (Phi) is 5.42. The topological polar surface area (TPSA) is 90.1 Å². The van der Waals surface area contributed by atoms with E-state index in [0.29, 0.717) is 32.6 Å². The second-order valence-corrected chi connectivity index (χ2v) is 9.07. The number of nitrogens with two attached hydrogens (primary N) is 1. The van der Waals surface area contributed by atoms with Gasteiger partial charge in [0.25, 0.3) is 0 Å². The fourth-order valence-corrected chi connectivity index (χ4v) is 2.79. The third-order valence-electron chi connectivity index (χ3n) is 4.75. The molecule has 2 rings (SSSR count). The van der Waals surface area contributed by atoms with Gasteiger partial charge in [0.2, 0.25) is 5.91 Å². The fourth-order valence-electron chi connectivity index (χ4n) is 2.79. The highest BCUT2D eigenvalue weighted by atomic mass is 16.5. The Labute approximate surface area is 151 Å². The first kappa shape index (κ1) is 19.6. The Morgan fingerprint density at radius 2 is 1.76 bits per heavy atom. The number of nitrogens with zero attached hydrogens (tertiary/aromatic N) is 2. The molecule has 1 aromatic rings. The number of anilines is 1. The zero-order valence-corrected chi connectivity index (χ0v) is 16.4. The van der Waals surface area contributed by atoms with Gasteiger partial charge in [-0.15, -0.1) is 0 Å². The van der Waals surface area contributed by atoms with Crippen LogP contribution in [-0.2, 0) is 20.4 Å². The van der Waals surface area contributed by atoms with Crippen molar-refractivity contribution in [1.29, 1.82) is 0 Å². The lowest BCUT2D eigenvalue weighted by atomic mass is 9.79. The molecule has 0 unspecified atom stereocenters. The smallest absolute Gasteiger partial charge is 0.225 e. The van der Waals surface area contributed by atoms with E-state index >= 15 is 0 Å². The van der Waals surface area contributed by atoms with Crippen molar-refractivity contribution in [3.8, 4) is 0 Å². The predicted molar refractivity (Wildman–Crippen MR) is 99.6 cm³/mol. The van der Waals surface area contributed by atoms with Crippen molar-refractivity contribution in [1.82, 2.24) is 9.97 Å². The number of rotatable bonds is 4. The van der Waals surface area contributed by atoms with Gasteiger partial charge < -0.3 is 15.8 Å². The highest BCUT2D eigenvalue weighted by molar-refractivity contribution is 5.81. The molecule has 140 valence electrons. The molecule has 0 atom stereocenters. The van der Waals surface area contributed by atoms with Crippen LogP contribution in [0.1, 0.15) is 65.9 Å². The standard InChI is InChI=1S/C19H32N4O2/c1-17(2,3)13-11-14(23-16(22-13)18(4,5)6)21-12-19(15(20)24)7-9-25-10-8-19/h11H,7-10,12H2,1-6H3,(H2,20,24)(H,21,22,23). The predicted octanol–water partition coefficient (Wildman–Crippen LogP) is 2.77. The molecule has 1 fully saturated rings. The van der Waals surface area contributed by atoms with Crippen LogP contribution in [0.15, 0.2) is 6.07 Å². The molecule has 6 nitrogen and oxygen atoms in total. The molecular formula is C19H32N4O2. The second-order valence-electron chi connectivity index (χ2n) is 9.07. The van der Waals surface area contributed by atoms with E-state index in [0.717, 1.165) is 17.3 Å². The van der Waals surface area contributed by atoms with E-state index in [1.807, 2.05) is 6.07 Å². The van der Waals surface area contributed by atoms with Crippen LogP contribution in [0.2, 0.25) is 0 Å². The number of carbonyl (C=O) groups excluding carboxylic acids is 1. The van der Waals surface area contributed by atoms with Crippen LogP contribution in [0, 0.1) is 5.41 Å². The summed E-state index contributed by atoms with van der Waals surface area (Å²) in [6.07, 6.45) is 1.28. The number of primary amides is 1. The Bertz CT molecular complexity index is 591. The van der Waals surface area contributed by atoms with Gasteiger partial charge in [0.1, 0.15) is 11.6 Å². The maximum absolute atomic E-state index is 12.0. The van der Waals surface area contributed by atoms with Gasteiger partial charge in [-0.05, 0) is 12.8 Å². The van der Waals surface area contributed by atoms with Crippen LogP contribution in [0.3, 0.4) is 0 Å². The van der Waals surface area contributed by atoms with Gasteiger partial charge in [0, 0.05) is 36.7 Å². The number of nitrogens with one attached hydrogen (secondary N) is 1. The lowest BCUT2D eigenvalue weighted by Crippen LogP contribution is -2.46. The first-order chi connectivity index (χ1) is 11.4. The van der Waals surface area contributed by atoms with Crippen LogP contribution >= 0.6 is 0 Å². The normalized spacial score (nSPS) is 18.0. The molecule has 3 N–H and O–H groups in total. The lowest BCUT2D eigenvalue weighted by molar-refractivity contribution is -0.132. The molecule has 0 saturated carbocycles. The molecule has 1 aliphatic rings. The van der Waals surface area contributed by atoms with Crippen LogP contribution in [-0.4, -0.2) is 35.6 Å². The van der Waals surface area contributed by atoms with Gasteiger partial charge in [0.05, 0.1) is 11.1 Å². The van der Waals surface area contributed by atoms with E-state index in [-0.39, 0.29) is 16.7 Å². The van der Waals surface area contributed by atoms with Gasteiger partial charge in [0.15, 0.2) is 0 Å². The largest absolute Gasteiger partial charge is 0.381 e. The summed E-state index contributed by atoms with van der Waals surface area (Å²) in [5.74, 6) is 1.27.